The van der Waals surface area contributed by atoms with Crippen molar-refractivity contribution in [2.75, 3.05) is 11.9 Å². The van der Waals surface area contributed by atoms with Crippen molar-refractivity contribution in [3.05, 3.63) is 24.4 Å². The molecule has 0 atom stereocenters. The van der Waals surface area contributed by atoms with Gasteiger partial charge in [-0.25, -0.2) is 4.98 Å². The quantitative estimate of drug-likeness (QED) is 0.732. The molecule has 3 heteroatoms. The highest BCUT2D eigenvalue weighted by Gasteiger charge is 1.87. The second kappa shape index (κ2) is 6.92. The third-order valence-electron chi connectivity index (χ3n) is 1.50. The van der Waals surface area contributed by atoms with Gasteiger partial charge in [0.25, 0.3) is 0 Å². The van der Waals surface area contributed by atoms with E-state index in [-0.39, 0.29) is 12.4 Å². The first kappa shape index (κ1) is 11.2. The summed E-state index contributed by atoms with van der Waals surface area (Å²) >= 11 is 0. The van der Waals surface area contributed by atoms with E-state index >= 15 is 0 Å². The van der Waals surface area contributed by atoms with Gasteiger partial charge in [0.1, 0.15) is 5.82 Å². The Hall–Kier alpha value is -0.760. The second-order valence-corrected chi connectivity index (χ2v) is 2.50. The summed E-state index contributed by atoms with van der Waals surface area (Å²) in [5.74, 6) is 0.973. The standard InChI is InChI=1S/C9H14N2.ClH/c1-2-3-7-10-9-6-4-5-8-11-9;/h4-6,8H,2-3,7H2,1H3,(H,10,11);1H. The van der Waals surface area contributed by atoms with E-state index in [2.05, 4.69) is 17.2 Å². The van der Waals surface area contributed by atoms with Gasteiger partial charge < -0.3 is 5.32 Å². The number of rotatable bonds is 4. The minimum Gasteiger partial charge on any atom is -0.370 e. The van der Waals surface area contributed by atoms with E-state index in [4.69, 9.17) is 0 Å². The van der Waals surface area contributed by atoms with Crippen LogP contribution < -0.4 is 5.32 Å². The van der Waals surface area contributed by atoms with Gasteiger partial charge in [0.2, 0.25) is 0 Å². The molecule has 0 aliphatic carbocycles. The molecule has 68 valence electrons. The predicted octanol–water partition coefficient (Wildman–Crippen LogP) is 2.72. The Morgan fingerprint density at radius 1 is 1.42 bits per heavy atom. The van der Waals surface area contributed by atoms with Crippen LogP contribution in [0.4, 0.5) is 5.82 Å². The average Bonchev–Trinajstić information content (AvgIpc) is 2.07. The third-order valence-corrected chi connectivity index (χ3v) is 1.50. The van der Waals surface area contributed by atoms with Gasteiger partial charge in [-0.3, -0.25) is 0 Å². The fraction of sp³-hybridized carbons (Fsp3) is 0.444. The molecule has 0 aliphatic heterocycles. The Bertz CT molecular complexity index is 189. The zero-order valence-electron chi connectivity index (χ0n) is 7.29. The maximum absolute atomic E-state index is 4.14. The first-order valence-electron chi connectivity index (χ1n) is 4.08. The van der Waals surface area contributed by atoms with E-state index in [0.29, 0.717) is 0 Å². The molecule has 0 saturated heterocycles. The van der Waals surface area contributed by atoms with Crippen molar-refractivity contribution in [2.45, 2.75) is 19.8 Å². The van der Waals surface area contributed by atoms with E-state index in [9.17, 15) is 0 Å². The Labute approximate surface area is 79.8 Å². The number of hydrogen-bond acceptors (Lipinski definition) is 2. The fourth-order valence-electron chi connectivity index (χ4n) is 0.861. The average molecular weight is 187 g/mol. The fourth-order valence-corrected chi connectivity index (χ4v) is 0.861. The van der Waals surface area contributed by atoms with Crippen LogP contribution in [0.15, 0.2) is 24.4 Å². The smallest absolute Gasteiger partial charge is 0.125 e. The number of unbranched alkanes of at least 4 members (excludes halogenated alkanes) is 1. The number of anilines is 1. The Kier molecular flexibility index (Phi) is 6.48. The van der Waals surface area contributed by atoms with Crippen LogP contribution in [-0.2, 0) is 0 Å². The topological polar surface area (TPSA) is 24.9 Å². The Morgan fingerprint density at radius 3 is 2.83 bits per heavy atom. The van der Waals surface area contributed by atoms with Gasteiger partial charge in [0, 0.05) is 12.7 Å². The molecule has 0 spiro atoms. The highest BCUT2D eigenvalue weighted by Crippen LogP contribution is 1.99. The van der Waals surface area contributed by atoms with Crippen LogP contribution in [0.3, 0.4) is 0 Å². The molecule has 0 bridgehead atoms. The minimum absolute atomic E-state index is 0. The molecule has 0 unspecified atom stereocenters. The number of aromatic nitrogens is 1. The van der Waals surface area contributed by atoms with Gasteiger partial charge in [-0.15, -0.1) is 12.4 Å². The number of halogens is 1. The van der Waals surface area contributed by atoms with Crippen LogP contribution in [0.5, 0.6) is 0 Å². The molecule has 1 aromatic heterocycles. The van der Waals surface area contributed by atoms with E-state index in [1.807, 2.05) is 18.2 Å². The lowest BCUT2D eigenvalue weighted by Gasteiger charge is -2.02. The largest absolute Gasteiger partial charge is 0.370 e. The monoisotopic (exact) mass is 186 g/mol. The van der Waals surface area contributed by atoms with E-state index < -0.39 is 0 Å². The van der Waals surface area contributed by atoms with Crippen molar-refractivity contribution in [2.24, 2.45) is 0 Å². The van der Waals surface area contributed by atoms with Crippen LogP contribution in [0.1, 0.15) is 19.8 Å². The highest BCUT2D eigenvalue weighted by atomic mass is 35.5. The molecule has 1 rings (SSSR count). The molecular formula is C9H15ClN2. The van der Waals surface area contributed by atoms with E-state index in [0.717, 1.165) is 12.4 Å². The summed E-state index contributed by atoms with van der Waals surface area (Å²) in [7, 11) is 0. The highest BCUT2D eigenvalue weighted by molar-refractivity contribution is 5.85. The van der Waals surface area contributed by atoms with Crippen molar-refractivity contribution in [1.29, 1.82) is 0 Å². The molecule has 0 amide bonds. The van der Waals surface area contributed by atoms with Crippen LogP contribution in [0.2, 0.25) is 0 Å². The van der Waals surface area contributed by atoms with E-state index in [1.165, 1.54) is 12.8 Å². The maximum atomic E-state index is 4.14. The lowest BCUT2D eigenvalue weighted by molar-refractivity contribution is 0.831. The molecule has 0 radical (unpaired) electrons. The zero-order chi connectivity index (χ0) is 7.94. The lowest BCUT2D eigenvalue weighted by atomic mass is 10.3. The van der Waals surface area contributed by atoms with Crippen molar-refractivity contribution in [3.8, 4) is 0 Å². The molecule has 1 N–H and O–H groups in total. The molecule has 0 aliphatic rings. The summed E-state index contributed by atoms with van der Waals surface area (Å²) in [6.07, 6.45) is 4.23. The van der Waals surface area contributed by atoms with Crippen LogP contribution in [0.25, 0.3) is 0 Å². The van der Waals surface area contributed by atoms with Gasteiger partial charge in [-0.1, -0.05) is 19.4 Å². The first-order chi connectivity index (χ1) is 5.43. The van der Waals surface area contributed by atoms with Gasteiger partial charge >= 0.3 is 0 Å². The third kappa shape index (κ3) is 4.19. The molecule has 12 heavy (non-hydrogen) atoms. The number of hydrogen-bond donors (Lipinski definition) is 1. The van der Waals surface area contributed by atoms with Crippen LogP contribution >= 0.6 is 12.4 Å². The minimum atomic E-state index is 0. The van der Waals surface area contributed by atoms with Crippen LogP contribution in [-0.4, -0.2) is 11.5 Å². The number of nitrogens with one attached hydrogen (secondary N) is 1. The number of pyridine rings is 1. The zero-order valence-corrected chi connectivity index (χ0v) is 8.10. The molecule has 0 aromatic carbocycles. The summed E-state index contributed by atoms with van der Waals surface area (Å²) in [5.41, 5.74) is 0. The molecule has 1 aromatic rings. The SMILES string of the molecule is CCCCNc1ccccn1.Cl. The molecule has 0 saturated carbocycles. The predicted molar refractivity (Wildman–Crippen MR) is 54.9 cm³/mol. The Morgan fingerprint density at radius 2 is 2.25 bits per heavy atom. The van der Waals surface area contributed by atoms with Gasteiger partial charge in [0.15, 0.2) is 0 Å². The maximum Gasteiger partial charge on any atom is 0.125 e. The molecule has 2 nitrogen and oxygen atoms in total. The summed E-state index contributed by atoms with van der Waals surface area (Å²) in [6.45, 7) is 3.20. The summed E-state index contributed by atoms with van der Waals surface area (Å²) in [6, 6.07) is 5.89. The van der Waals surface area contributed by atoms with Crippen molar-refractivity contribution in [1.82, 2.24) is 4.98 Å². The van der Waals surface area contributed by atoms with Gasteiger partial charge in [-0.05, 0) is 18.6 Å². The van der Waals surface area contributed by atoms with Gasteiger partial charge in [0.05, 0.1) is 0 Å². The molecule has 0 fully saturated rings. The van der Waals surface area contributed by atoms with Crippen molar-refractivity contribution < 1.29 is 0 Å². The van der Waals surface area contributed by atoms with Crippen molar-refractivity contribution in [3.63, 3.8) is 0 Å². The van der Waals surface area contributed by atoms with Crippen LogP contribution in [0, 0.1) is 0 Å². The Balaban J connectivity index is 0.00000121. The molecule has 1 heterocycles. The number of nitrogens with zero attached hydrogens (tertiary/aromatic N) is 1. The second-order valence-electron chi connectivity index (χ2n) is 2.50. The molecular weight excluding hydrogens is 172 g/mol. The summed E-state index contributed by atoms with van der Waals surface area (Å²) in [4.78, 5) is 4.14. The van der Waals surface area contributed by atoms with Gasteiger partial charge in [-0.2, -0.15) is 0 Å². The van der Waals surface area contributed by atoms with Crippen molar-refractivity contribution >= 4 is 18.2 Å². The summed E-state index contributed by atoms with van der Waals surface area (Å²) in [5, 5.41) is 3.23. The normalized spacial score (nSPS) is 8.75. The first-order valence-corrected chi connectivity index (χ1v) is 4.08. The summed E-state index contributed by atoms with van der Waals surface area (Å²) < 4.78 is 0. The van der Waals surface area contributed by atoms with E-state index in [1.54, 1.807) is 6.20 Å². The lowest BCUT2D eigenvalue weighted by Crippen LogP contribution is -2.01.